The normalized spacial score (nSPS) is 11.7. The number of aliphatic carboxylic acids is 1. The van der Waals surface area contributed by atoms with E-state index in [1.54, 1.807) is 6.07 Å². The van der Waals surface area contributed by atoms with Crippen LogP contribution in [0.25, 0.3) is 6.08 Å². The van der Waals surface area contributed by atoms with E-state index in [0.29, 0.717) is 17.7 Å². The van der Waals surface area contributed by atoms with Crippen molar-refractivity contribution in [1.82, 2.24) is 0 Å². The Morgan fingerprint density at radius 1 is 1.40 bits per heavy atom. The van der Waals surface area contributed by atoms with Gasteiger partial charge in [0.2, 0.25) is 0 Å². The molecule has 0 aliphatic rings. The van der Waals surface area contributed by atoms with Gasteiger partial charge < -0.3 is 9.84 Å². The summed E-state index contributed by atoms with van der Waals surface area (Å²) in [5, 5.41) is 8.64. The predicted octanol–water partition coefficient (Wildman–Crippen LogP) is 1.91. The minimum atomic E-state index is -2.99. The third-order valence-corrected chi connectivity index (χ3v) is 3.52. The molecule has 0 spiro atoms. The Morgan fingerprint density at radius 2 is 2.10 bits per heavy atom. The minimum absolute atomic E-state index is 0.0686. The molecular formula is C14H18O5S. The smallest absolute Gasteiger partial charge is 0.328 e. The lowest BCUT2D eigenvalue weighted by Gasteiger charge is -2.09. The van der Waals surface area contributed by atoms with Crippen molar-refractivity contribution in [3.05, 3.63) is 35.4 Å². The first-order chi connectivity index (χ1) is 9.28. The molecule has 0 unspecified atom stereocenters. The second-order valence-electron chi connectivity index (χ2n) is 4.54. The third-order valence-electron chi connectivity index (χ3n) is 2.49. The zero-order valence-corrected chi connectivity index (χ0v) is 12.3. The van der Waals surface area contributed by atoms with Gasteiger partial charge in [-0.15, -0.1) is 0 Å². The van der Waals surface area contributed by atoms with Gasteiger partial charge >= 0.3 is 5.97 Å². The summed E-state index contributed by atoms with van der Waals surface area (Å²) >= 11 is 0. The summed E-state index contributed by atoms with van der Waals surface area (Å²) < 4.78 is 27.5. The van der Waals surface area contributed by atoms with E-state index in [1.807, 2.05) is 19.1 Å². The Bertz CT molecular complexity index is 602. The zero-order valence-electron chi connectivity index (χ0n) is 11.5. The standard InChI is InChI=1S/C14H18O5S/c1-11-4-6-13(12(10-11)5-7-14(15)16)19-8-3-9-20(2,17)18/h4-7,10H,3,8-9H2,1-2H3,(H,15,16). The number of benzene rings is 1. The lowest BCUT2D eigenvalue weighted by atomic mass is 10.1. The van der Waals surface area contributed by atoms with Crippen molar-refractivity contribution in [3.8, 4) is 5.75 Å². The number of carbonyl (C=O) groups is 1. The molecule has 0 saturated carbocycles. The molecule has 1 rings (SSSR count). The van der Waals surface area contributed by atoms with Crippen molar-refractivity contribution in [2.45, 2.75) is 13.3 Å². The van der Waals surface area contributed by atoms with Crippen LogP contribution >= 0.6 is 0 Å². The van der Waals surface area contributed by atoms with Gasteiger partial charge in [-0.05, 0) is 31.6 Å². The van der Waals surface area contributed by atoms with E-state index in [2.05, 4.69) is 0 Å². The lowest BCUT2D eigenvalue weighted by molar-refractivity contribution is -0.131. The highest BCUT2D eigenvalue weighted by Crippen LogP contribution is 2.21. The average Bonchev–Trinajstić information content (AvgIpc) is 2.32. The lowest BCUT2D eigenvalue weighted by Crippen LogP contribution is -2.08. The van der Waals surface area contributed by atoms with Gasteiger partial charge in [0, 0.05) is 17.9 Å². The van der Waals surface area contributed by atoms with Crippen molar-refractivity contribution in [2.75, 3.05) is 18.6 Å². The molecule has 0 aliphatic heterocycles. The van der Waals surface area contributed by atoms with E-state index in [0.717, 1.165) is 11.6 Å². The topological polar surface area (TPSA) is 80.7 Å². The number of sulfone groups is 1. The number of carboxylic acids is 1. The number of carboxylic acid groups (broad SMARTS) is 1. The molecule has 1 N–H and O–H groups in total. The van der Waals surface area contributed by atoms with Crippen LogP contribution in [0.3, 0.4) is 0 Å². The summed E-state index contributed by atoms with van der Waals surface area (Å²) in [6.07, 6.45) is 4.08. The van der Waals surface area contributed by atoms with E-state index in [-0.39, 0.29) is 12.4 Å². The highest BCUT2D eigenvalue weighted by Gasteiger charge is 2.05. The molecule has 110 valence electrons. The SMILES string of the molecule is Cc1ccc(OCCCS(C)(=O)=O)c(C=CC(=O)O)c1. The highest BCUT2D eigenvalue weighted by molar-refractivity contribution is 7.90. The van der Waals surface area contributed by atoms with Gasteiger partial charge in [0.1, 0.15) is 15.6 Å². The predicted molar refractivity (Wildman–Crippen MR) is 77.7 cm³/mol. The molecule has 0 heterocycles. The van der Waals surface area contributed by atoms with Crippen LogP contribution in [0.4, 0.5) is 0 Å². The Hall–Kier alpha value is -1.82. The summed E-state index contributed by atoms with van der Waals surface area (Å²) in [7, 11) is -2.99. The van der Waals surface area contributed by atoms with Crippen LogP contribution in [0.5, 0.6) is 5.75 Å². The van der Waals surface area contributed by atoms with Gasteiger partial charge in [-0.1, -0.05) is 11.6 Å². The minimum Gasteiger partial charge on any atom is -0.493 e. The number of rotatable bonds is 7. The first-order valence-electron chi connectivity index (χ1n) is 6.10. The van der Waals surface area contributed by atoms with Gasteiger partial charge in [0.05, 0.1) is 12.4 Å². The van der Waals surface area contributed by atoms with Gasteiger partial charge in [-0.2, -0.15) is 0 Å². The molecule has 1 aromatic carbocycles. The molecule has 0 radical (unpaired) electrons. The van der Waals surface area contributed by atoms with Gasteiger partial charge in [0.25, 0.3) is 0 Å². The van der Waals surface area contributed by atoms with Crippen LogP contribution in [-0.4, -0.2) is 38.1 Å². The summed E-state index contributed by atoms with van der Waals surface area (Å²) in [5.41, 5.74) is 1.64. The Morgan fingerprint density at radius 3 is 2.70 bits per heavy atom. The van der Waals surface area contributed by atoms with Crippen LogP contribution in [0.1, 0.15) is 17.5 Å². The molecule has 5 nitrogen and oxygen atoms in total. The van der Waals surface area contributed by atoms with E-state index in [4.69, 9.17) is 9.84 Å². The van der Waals surface area contributed by atoms with Gasteiger partial charge in [0.15, 0.2) is 0 Å². The monoisotopic (exact) mass is 298 g/mol. The molecule has 0 aromatic heterocycles. The molecule has 0 bridgehead atoms. The highest BCUT2D eigenvalue weighted by atomic mass is 32.2. The maximum atomic E-state index is 11.0. The number of aryl methyl sites for hydroxylation is 1. The van der Waals surface area contributed by atoms with E-state index in [9.17, 15) is 13.2 Å². The zero-order chi connectivity index (χ0) is 15.2. The van der Waals surface area contributed by atoms with Gasteiger partial charge in [-0.25, -0.2) is 13.2 Å². The first kappa shape index (κ1) is 16.2. The fourth-order valence-electron chi connectivity index (χ4n) is 1.59. The molecule has 0 fully saturated rings. The second-order valence-corrected chi connectivity index (χ2v) is 6.80. The van der Waals surface area contributed by atoms with Crippen LogP contribution in [-0.2, 0) is 14.6 Å². The van der Waals surface area contributed by atoms with Crippen molar-refractivity contribution in [1.29, 1.82) is 0 Å². The molecule has 6 heteroatoms. The van der Waals surface area contributed by atoms with Crippen LogP contribution in [0.15, 0.2) is 24.3 Å². The van der Waals surface area contributed by atoms with Crippen molar-refractivity contribution in [2.24, 2.45) is 0 Å². The molecule has 20 heavy (non-hydrogen) atoms. The summed E-state index contributed by atoms with van der Waals surface area (Å²) in [6.45, 7) is 2.16. The molecule has 0 aliphatic carbocycles. The van der Waals surface area contributed by atoms with Crippen LogP contribution in [0.2, 0.25) is 0 Å². The van der Waals surface area contributed by atoms with E-state index in [1.165, 1.54) is 12.3 Å². The fraction of sp³-hybridized carbons (Fsp3) is 0.357. The second kappa shape index (κ2) is 7.09. The fourth-order valence-corrected chi connectivity index (χ4v) is 2.24. The van der Waals surface area contributed by atoms with Gasteiger partial charge in [-0.3, -0.25) is 0 Å². The largest absolute Gasteiger partial charge is 0.493 e. The Labute approximate surface area is 118 Å². The van der Waals surface area contributed by atoms with Crippen LogP contribution < -0.4 is 4.74 Å². The molecule has 0 atom stereocenters. The Balaban J connectivity index is 2.71. The quantitative estimate of drug-likeness (QED) is 0.614. The van der Waals surface area contributed by atoms with Crippen molar-refractivity contribution in [3.63, 3.8) is 0 Å². The molecule has 0 saturated heterocycles. The molecular weight excluding hydrogens is 280 g/mol. The van der Waals surface area contributed by atoms with E-state index < -0.39 is 15.8 Å². The summed E-state index contributed by atoms with van der Waals surface area (Å²) in [4.78, 5) is 10.5. The third kappa shape index (κ3) is 6.38. The maximum absolute atomic E-state index is 11.0. The molecule has 1 aromatic rings. The Kier molecular flexibility index (Phi) is 5.76. The van der Waals surface area contributed by atoms with Crippen molar-refractivity contribution >= 4 is 21.9 Å². The summed E-state index contributed by atoms with van der Waals surface area (Å²) in [6, 6.07) is 5.41. The summed E-state index contributed by atoms with van der Waals surface area (Å²) in [5.74, 6) is -0.421. The first-order valence-corrected chi connectivity index (χ1v) is 8.16. The number of hydrogen-bond acceptors (Lipinski definition) is 4. The van der Waals surface area contributed by atoms with Crippen molar-refractivity contribution < 1.29 is 23.1 Å². The molecule has 0 amide bonds. The van der Waals surface area contributed by atoms with Crippen LogP contribution in [0, 0.1) is 6.92 Å². The van der Waals surface area contributed by atoms with E-state index >= 15 is 0 Å². The maximum Gasteiger partial charge on any atom is 0.328 e. The number of hydrogen-bond donors (Lipinski definition) is 1. The number of ether oxygens (including phenoxy) is 1. The average molecular weight is 298 g/mol.